The zero-order valence-electron chi connectivity index (χ0n) is 19.9. The fourth-order valence-electron chi connectivity index (χ4n) is 3.76. The maximum atomic E-state index is 12.5. The van der Waals surface area contributed by atoms with Gasteiger partial charge in [0.05, 0.1) is 36.4 Å². The second-order valence-electron chi connectivity index (χ2n) is 8.21. The summed E-state index contributed by atoms with van der Waals surface area (Å²) in [4.78, 5) is 16.1. The highest BCUT2D eigenvalue weighted by Crippen LogP contribution is 2.26. The van der Waals surface area contributed by atoms with Gasteiger partial charge >= 0.3 is 5.97 Å². The number of ether oxygens (including phenoxy) is 1. The van der Waals surface area contributed by atoms with Crippen LogP contribution >= 0.6 is 0 Å². The Bertz CT molecular complexity index is 1450. The van der Waals surface area contributed by atoms with E-state index < -0.39 is 16.0 Å². The predicted molar refractivity (Wildman–Crippen MR) is 137 cm³/mol. The number of aromatic nitrogens is 1. The molecule has 1 aromatic heterocycles. The maximum absolute atomic E-state index is 12.5. The van der Waals surface area contributed by atoms with Gasteiger partial charge in [-0.15, -0.1) is 0 Å². The van der Waals surface area contributed by atoms with Crippen molar-refractivity contribution in [2.45, 2.75) is 19.9 Å². The molecule has 0 spiro atoms. The summed E-state index contributed by atoms with van der Waals surface area (Å²) in [6.45, 7) is 2.13. The van der Waals surface area contributed by atoms with Gasteiger partial charge in [0.2, 0.25) is 15.9 Å². The number of anilines is 1. The first-order valence-corrected chi connectivity index (χ1v) is 13.1. The number of sulfonamides is 1. The van der Waals surface area contributed by atoms with Crippen molar-refractivity contribution in [2.24, 2.45) is 0 Å². The number of benzene rings is 3. The zero-order valence-corrected chi connectivity index (χ0v) is 20.7. The minimum atomic E-state index is -3.67. The van der Waals surface area contributed by atoms with Crippen LogP contribution in [0.4, 0.5) is 5.69 Å². The average Bonchev–Trinajstić information content (AvgIpc) is 3.23. The number of aromatic carboxylic acids is 1. The summed E-state index contributed by atoms with van der Waals surface area (Å²) >= 11 is 0. The summed E-state index contributed by atoms with van der Waals surface area (Å²) in [5.41, 5.74) is 2.58. The molecule has 0 saturated carbocycles. The molecular formula is C27H26N2O6S. The fourth-order valence-corrected chi connectivity index (χ4v) is 4.64. The average molecular weight is 507 g/mol. The molecule has 1 heterocycles. The number of hydrogen-bond donors (Lipinski definition) is 1. The van der Waals surface area contributed by atoms with Crippen LogP contribution in [0.3, 0.4) is 0 Å². The molecule has 0 aliphatic heterocycles. The molecule has 1 N–H and O–H groups in total. The van der Waals surface area contributed by atoms with Crippen LogP contribution in [0.5, 0.6) is 5.75 Å². The van der Waals surface area contributed by atoms with Crippen LogP contribution in [-0.4, -0.2) is 37.3 Å². The molecule has 36 heavy (non-hydrogen) atoms. The number of nitrogens with zero attached hydrogens (tertiary/aromatic N) is 2. The normalized spacial score (nSPS) is 11.3. The molecule has 3 aromatic carbocycles. The fraction of sp³-hybridized carbons (Fsp3) is 0.185. The highest BCUT2D eigenvalue weighted by molar-refractivity contribution is 7.92. The lowest BCUT2D eigenvalue weighted by molar-refractivity contribution is 0.0695. The van der Waals surface area contributed by atoms with Crippen molar-refractivity contribution in [3.05, 3.63) is 101 Å². The minimum Gasteiger partial charge on any atom is -0.493 e. The van der Waals surface area contributed by atoms with Crippen LogP contribution in [0.15, 0.2) is 83.3 Å². The SMILES string of the molecule is Cc1oc(-c2ccccc2)nc1CCOc1ccc(N(Cc2ccccc2C(=O)O)S(C)(=O)=O)cc1. The third kappa shape index (κ3) is 5.92. The van der Waals surface area contributed by atoms with Crippen molar-refractivity contribution in [1.82, 2.24) is 4.98 Å². The molecule has 0 amide bonds. The second kappa shape index (κ2) is 10.7. The molecule has 0 aliphatic carbocycles. The van der Waals surface area contributed by atoms with Gasteiger partial charge in [0.1, 0.15) is 11.5 Å². The van der Waals surface area contributed by atoms with Crippen LogP contribution < -0.4 is 9.04 Å². The van der Waals surface area contributed by atoms with Crippen LogP contribution in [0.1, 0.15) is 27.4 Å². The summed E-state index contributed by atoms with van der Waals surface area (Å²) in [5, 5.41) is 9.43. The number of rotatable bonds is 10. The molecule has 0 saturated heterocycles. The molecule has 8 nitrogen and oxygen atoms in total. The Morgan fingerprint density at radius 1 is 1.00 bits per heavy atom. The van der Waals surface area contributed by atoms with Crippen LogP contribution in [-0.2, 0) is 23.0 Å². The summed E-state index contributed by atoms with van der Waals surface area (Å²) in [7, 11) is -3.67. The molecule has 186 valence electrons. The Balaban J connectivity index is 1.43. The Hall–Kier alpha value is -4.11. The molecule has 0 unspecified atom stereocenters. The number of carboxylic acid groups (broad SMARTS) is 1. The molecule has 0 radical (unpaired) electrons. The first-order chi connectivity index (χ1) is 17.2. The lowest BCUT2D eigenvalue weighted by atomic mass is 10.1. The number of oxazole rings is 1. The third-order valence-electron chi connectivity index (χ3n) is 5.61. The number of aryl methyl sites for hydroxylation is 1. The van der Waals surface area contributed by atoms with E-state index in [2.05, 4.69) is 4.98 Å². The van der Waals surface area contributed by atoms with E-state index in [1.54, 1.807) is 42.5 Å². The highest BCUT2D eigenvalue weighted by atomic mass is 32.2. The van der Waals surface area contributed by atoms with Crippen LogP contribution in [0.2, 0.25) is 0 Å². The number of hydrogen-bond acceptors (Lipinski definition) is 6. The number of carboxylic acids is 1. The van der Waals surface area contributed by atoms with E-state index in [1.807, 2.05) is 37.3 Å². The van der Waals surface area contributed by atoms with Crippen LogP contribution in [0, 0.1) is 6.92 Å². The van der Waals surface area contributed by atoms with Crippen molar-refractivity contribution in [3.63, 3.8) is 0 Å². The smallest absolute Gasteiger partial charge is 0.336 e. The summed E-state index contributed by atoms with van der Waals surface area (Å²) in [6.07, 6.45) is 1.64. The molecule has 4 rings (SSSR count). The van der Waals surface area contributed by atoms with E-state index in [1.165, 1.54) is 10.4 Å². The van der Waals surface area contributed by atoms with Gasteiger partial charge < -0.3 is 14.3 Å². The third-order valence-corrected chi connectivity index (χ3v) is 6.75. The van der Waals surface area contributed by atoms with Gasteiger partial charge in [0.15, 0.2) is 0 Å². The molecule has 0 bridgehead atoms. The standard InChI is InChI=1S/C27H26N2O6S/c1-19-25(28-26(35-19)20-8-4-3-5-9-20)16-17-34-23-14-12-22(13-15-23)29(36(2,32)33)18-21-10-6-7-11-24(21)27(30)31/h3-15H,16-18H2,1-2H3,(H,30,31). The Labute approximate surface area is 209 Å². The van der Waals surface area contributed by atoms with Crippen molar-refractivity contribution >= 4 is 21.7 Å². The monoisotopic (exact) mass is 506 g/mol. The van der Waals surface area contributed by atoms with Gasteiger partial charge in [-0.3, -0.25) is 4.31 Å². The lowest BCUT2D eigenvalue weighted by Crippen LogP contribution is -2.30. The van der Waals surface area contributed by atoms with Crippen molar-refractivity contribution in [3.8, 4) is 17.2 Å². The minimum absolute atomic E-state index is 0.0599. The van der Waals surface area contributed by atoms with E-state index in [0.717, 1.165) is 23.3 Å². The predicted octanol–water partition coefficient (Wildman–Crippen LogP) is 4.94. The quantitative estimate of drug-likeness (QED) is 0.324. The van der Waals surface area contributed by atoms with Crippen molar-refractivity contribution in [1.29, 1.82) is 0 Å². The zero-order chi connectivity index (χ0) is 25.7. The summed E-state index contributed by atoms with van der Waals surface area (Å²) in [6, 6.07) is 22.6. The summed E-state index contributed by atoms with van der Waals surface area (Å²) in [5.74, 6) is 0.764. The Morgan fingerprint density at radius 2 is 1.67 bits per heavy atom. The molecular weight excluding hydrogens is 480 g/mol. The van der Waals surface area contributed by atoms with Gasteiger partial charge in [-0.25, -0.2) is 18.2 Å². The van der Waals surface area contributed by atoms with E-state index in [0.29, 0.717) is 35.9 Å². The lowest BCUT2D eigenvalue weighted by Gasteiger charge is -2.23. The molecule has 4 aromatic rings. The molecule has 0 aliphatic rings. The highest BCUT2D eigenvalue weighted by Gasteiger charge is 2.21. The molecule has 9 heteroatoms. The maximum Gasteiger partial charge on any atom is 0.336 e. The summed E-state index contributed by atoms with van der Waals surface area (Å²) < 4.78 is 37.8. The van der Waals surface area contributed by atoms with Gasteiger partial charge in [-0.2, -0.15) is 0 Å². The van der Waals surface area contributed by atoms with E-state index in [4.69, 9.17) is 9.15 Å². The van der Waals surface area contributed by atoms with E-state index in [9.17, 15) is 18.3 Å². The van der Waals surface area contributed by atoms with Gasteiger partial charge in [-0.05, 0) is 55.0 Å². The topological polar surface area (TPSA) is 110 Å². The molecule has 0 fully saturated rings. The Morgan fingerprint density at radius 3 is 2.33 bits per heavy atom. The second-order valence-corrected chi connectivity index (χ2v) is 10.1. The van der Waals surface area contributed by atoms with Gasteiger partial charge in [-0.1, -0.05) is 36.4 Å². The number of carbonyl (C=O) groups is 1. The van der Waals surface area contributed by atoms with E-state index in [-0.39, 0.29) is 12.1 Å². The van der Waals surface area contributed by atoms with Crippen molar-refractivity contribution < 1.29 is 27.5 Å². The van der Waals surface area contributed by atoms with E-state index >= 15 is 0 Å². The largest absolute Gasteiger partial charge is 0.493 e. The first-order valence-electron chi connectivity index (χ1n) is 11.3. The van der Waals surface area contributed by atoms with Gasteiger partial charge in [0, 0.05) is 12.0 Å². The first kappa shape index (κ1) is 25.0. The Kier molecular flexibility index (Phi) is 7.40. The van der Waals surface area contributed by atoms with Crippen LogP contribution in [0.25, 0.3) is 11.5 Å². The molecule has 0 atom stereocenters. The van der Waals surface area contributed by atoms with Gasteiger partial charge in [0.25, 0.3) is 0 Å². The van der Waals surface area contributed by atoms with Crippen molar-refractivity contribution in [2.75, 3.05) is 17.2 Å².